The lowest BCUT2D eigenvalue weighted by molar-refractivity contribution is 0.0572. The van der Waals surface area contributed by atoms with Crippen molar-refractivity contribution in [3.63, 3.8) is 0 Å². The number of aliphatic hydroxyl groups excluding tert-OH is 2. The molecule has 0 aliphatic carbocycles. The second kappa shape index (κ2) is 4.07. The van der Waals surface area contributed by atoms with E-state index in [9.17, 15) is 15.0 Å². The van der Waals surface area contributed by atoms with E-state index in [1.165, 1.54) is 6.20 Å². The molecular formula is C10H13N3O3. The minimum atomic E-state index is -0.759. The fourth-order valence-electron chi connectivity index (χ4n) is 1.73. The summed E-state index contributed by atoms with van der Waals surface area (Å²) in [5.74, 6) is -0.595. The van der Waals surface area contributed by atoms with Crippen molar-refractivity contribution in [1.82, 2.24) is 4.98 Å². The van der Waals surface area contributed by atoms with Gasteiger partial charge in [-0.25, -0.2) is 0 Å². The van der Waals surface area contributed by atoms with Crippen LogP contribution in [0, 0.1) is 0 Å². The molecule has 1 fully saturated rings. The van der Waals surface area contributed by atoms with Crippen molar-refractivity contribution in [3.05, 3.63) is 24.0 Å². The fourth-order valence-corrected chi connectivity index (χ4v) is 1.73. The first-order chi connectivity index (χ1) is 7.58. The quantitative estimate of drug-likeness (QED) is 0.580. The Bertz CT molecular complexity index is 400. The third kappa shape index (κ3) is 1.98. The molecule has 0 spiro atoms. The van der Waals surface area contributed by atoms with Gasteiger partial charge >= 0.3 is 0 Å². The molecule has 0 bridgehead atoms. The van der Waals surface area contributed by atoms with Crippen LogP contribution in [0.3, 0.4) is 0 Å². The summed E-state index contributed by atoms with van der Waals surface area (Å²) >= 11 is 0. The lowest BCUT2D eigenvalue weighted by Crippen LogP contribution is -2.22. The van der Waals surface area contributed by atoms with Crippen LogP contribution in [-0.2, 0) is 0 Å². The van der Waals surface area contributed by atoms with Gasteiger partial charge in [0.15, 0.2) is 0 Å². The van der Waals surface area contributed by atoms with E-state index in [0.29, 0.717) is 13.1 Å². The van der Waals surface area contributed by atoms with Gasteiger partial charge in [0.25, 0.3) is 5.91 Å². The summed E-state index contributed by atoms with van der Waals surface area (Å²) < 4.78 is 0. The Morgan fingerprint density at radius 2 is 2.06 bits per heavy atom. The highest BCUT2D eigenvalue weighted by Gasteiger charge is 2.29. The number of anilines is 1. The predicted octanol–water partition coefficient (Wildman–Crippen LogP) is -1.28. The number of nitrogens with zero attached hydrogens (tertiary/aromatic N) is 2. The van der Waals surface area contributed by atoms with Crippen molar-refractivity contribution in [2.45, 2.75) is 12.2 Å². The fraction of sp³-hybridized carbons (Fsp3) is 0.400. The van der Waals surface area contributed by atoms with E-state index >= 15 is 0 Å². The van der Waals surface area contributed by atoms with E-state index in [0.717, 1.165) is 5.69 Å². The summed E-state index contributed by atoms with van der Waals surface area (Å²) in [6.07, 6.45) is -0.0395. The SMILES string of the molecule is NC(=O)c1cc(N2CC(O)C(O)C2)ccn1. The van der Waals surface area contributed by atoms with E-state index < -0.39 is 18.1 Å². The first kappa shape index (κ1) is 10.8. The molecule has 2 unspecified atom stereocenters. The van der Waals surface area contributed by atoms with Crippen molar-refractivity contribution in [1.29, 1.82) is 0 Å². The zero-order valence-corrected chi connectivity index (χ0v) is 8.58. The Morgan fingerprint density at radius 1 is 1.44 bits per heavy atom. The van der Waals surface area contributed by atoms with Crippen LogP contribution in [0.1, 0.15) is 10.5 Å². The van der Waals surface area contributed by atoms with Gasteiger partial charge in [-0.3, -0.25) is 9.78 Å². The Kier molecular flexibility index (Phi) is 2.76. The van der Waals surface area contributed by atoms with Gasteiger partial charge in [0, 0.05) is 25.0 Å². The monoisotopic (exact) mass is 223 g/mol. The van der Waals surface area contributed by atoms with E-state index in [2.05, 4.69) is 4.98 Å². The first-order valence-electron chi connectivity index (χ1n) is 4.95. The van der Waals surface area contributed by atoms with Crippen LogP contribution in [0.4, 0.5) is 5.69 Å². The van der Waals surface area contributed by atoms with Gasteiger partial charge in [-0.1, -0.05) is 0 Å². The third-order valence-corrected chi connectivity index (χ3v) is 2.62. The topological polar surface area (TPSA) is 99.7 Å². The highest BCUT2D eigenvalue weighted by molar-refractivity contribution is 5.91. The average molecular weight is 223 g/mol. The number of aromatic nitrogens is 1. The Morgan fingerprint density at radius 3 is 2.62 bits per heavy atom. The molecule has 0 radical (unpaired) electrons. The summed E-state index contributed by atoms with van der Waals surface area (Å²) in [5, 5.41) is 18.8. The van der Waals surface area contributed by atoms with Crippen molar-refractivity contribution < 1.29 is 15.0 Å². The van der Waals surface area contributed by atoms with E-state index in [-0.39, 0.29) is 5.69 Å². The summed E-state index contributed by atoms with van der Waals surface area (Å²) in [5.41, 5.74) is 6.01. The molecule has 0 saturated carbocycles. The standard InChI is InChI=1S/C10H13N3O3/c11-10(16)7-3-6(1-2-12-7)13-4-8(14)9(15)5-13/h1-3,8-9,14-15H,4-5H2,(H2,11,16). The van der Waals surface area contributed by atoms with Crippen LogP contribution in [0.15, 0.2) is 18.3 Å². The van der Waals surface area contributed by atoms with Crippen LogP contribution < -0.4 is 10.6 Å². The third-order valence-electron chi connectivity index (χ3n) is 2.62. The summed E-state index contributed by atoms with van der Waals surface area (Å²) in [7, 11) is 0. The molecular weight excluding hydrogens is 210 g/mol. The number of primary amides is 1. The smallest absolute Gasteiger partial charge is 0.267 e. The predicted molar refractivity (Wildman–Crippen MR) is 57.0 cm³/mol. The Hall–Kier alpha value is -1.66. The molecule has 2 rings (SSSR count). The number of pyridine rings is 1. The van der Waals surface area contributed by atoms with Crippen molar-refractivity contribution in [3.8, 4) is 0 Å². The maximum Gasteiger partial charge on any atom is 0.267 e. The van der Waals surface area contributed by atoms with Gasteiger partial charge in [0.1, 0.15) is 5.69 Å². The lowest BCUT2D eigenvalue weighted by Gasteiger charge is -2.17. The van der Waals surface area contributed by atoms with Gasteiger partial charge in [0.2, 0.25) is 0 Å². The maximum absolute atomic E-state index is 10.9. The van der Waals surface area contributed by atoms with Crippen molar-refractivity contribution in [2.24, 2.45) is 5.73 Å². The number of carbonyl (C=O) groups is 1. The van der Waals surface area contributed by atoms with Crippen molar-refractivity contribution in [2.75, 3.05) is 18.0 Å². The number of β-amino-alcohol motifs (C(OH)–C–C–N with tert-alkyl or cyclic N) is 2. The van der Waals surface area contributed by atoms with E-state index in [1.807, 2.05) is 0 Å². The largest absolute Gasteiger partial charge is 0.389 e. The molecule has 16 heavy (non-hydrogen) atoms. The minimum Gasteiger partial charge on any atom is -0.389 e. The molecule has 6 heteroatoms. The van der Waals surface area contributed by atoms with Crippen LogP contribution in [0.2, 0.25) is 0 Å². The van der Waals surface area contributed by atoms with Gasteiger partial charge in [-0.2, -0.15) is 0 Å². The lowest BCUT2D eigenvalue weighted by atomic mass is 10.3. The zero-order valence-electron chi connectivity index (χ0n) is 8.58. The summed E-state index contributed by atoms with van der Waals surface area (Å²) in [6.45, 7) is 0.673. The summed E-state index contributed by atoms with van der Waals surface area (Å²) in [6, 6.07) is 3.25. The first-order valence-corrected chi connectivity index (χ1v) is 4.95. The molecule has 0 aromatic carbocycles. The Balaban J connectivity index is 2.21. The van der Waals surface area contributed by atoms with Gasteiger partial charge in [-0.15, -0.1) is 0 Å². The molecule has 4 N–H and O–H groups in total. The molecule has 86 valence electrons. The normalized spacial score (nSPS) is 24.8. The second-order valence-electron chi connectivity index (χ2n) is 3.80. The number of amides is 1. The molecule has 2 atom stereocenters. The zero-order chi connectivity index (χ0) is 11.7. The average Bonchev–Trinajstić information content (AvgIpc) is 2.59. The number of carbonyl (C=O) groups excluding carboxylic acids is 1. The van der Waals surface area contributed by atoms with Crippen molar-refractivity contribution >= 4 is 11.6 Å². The maximum atomic E-state index is 10.9. The molecule has 6 nitrogen and oxygen atoms in total. The van der Waals surface area contributed by atoms with Gasteiger partial charge in [0.05, 0.1) is 12.2 Å². The van der Waals surface area contributed by atoms with Crippen LogP contribution in [-0.4, -0.2) is 46.4 Å². The number of rotatable bonds is 2. The van der Waals surface area contributed by atoms with Crippen LogP contribution in [0.5, 0.6) is 0 Å². The van der Waals surface area contributed by atoms with Crippen LogP contribution in [0.25, 0.3) is 0 Å². The van der Waals surface area contributed by atoms with Crippen LogP contribution >= 0.6 is 0 Å². The number of hydrogen-bond acceptors (Lipinski definition) is 5. The molecule has 1 amide bonds. The van der Waals surface area contributed by atoms with Gasteiger partial charge in [-0.05, 0) is 12.1 Å². The molecule has 1 aliphatic heterocycles. The Labute approximate surface area is 92.3 Å². The molecule has 1 aliphatic rings. The van der Waals surface area contributed by atoms with Gasteiger partial charge < -0.3 is 20.8 Å². The number of hydrogen-bond donors (Lipinski definition) is 3. The second-order valence-corrected chi connectivity index (χ2v) is 3.80. The number of aliphatic hydroxyl groups is 2. The molecule has 2 heterocycles. The highest BCUT2D eigenvalue weighted by Crippen LogP contribution is 2.20. The molecule has 1 aromatic heterocycles. The molecule has 1 aromatic rings. The number of nitrogens with two attached hydrogens (primary N) is 1. The molecule has 1 saturated heterocycles. The summed E-state index contributed by atoms with van der Waals surface area (Å²) in [4.78, 5) is 16.5. The highest BCUT2D eigenvalue weighted by atomic mass is 16.3. The van der Waals surface area contributed by atoms with E-state index in [1.54, 1.807) is 17.0 Å². The minimum absolute atomic E-state index is 0.174. The van der Waals surface area contributed by atoms with E-state index in [4.69, 9.17) is 5.73 Å².